The molecule has 1 aromatic carbocycles. The quantitative estimate of drug-likeness (QED) is 0.291. The monoisotopic (exact) mass is 563 g/mol. The van der Waals surface area contributed by atoms with E-state index in [1.807, 2.05) is 25.1 Å². The lowest BCUT2D eigenvalue weighted by molar-refractivity contribution is -0.153. The minimum atomic E-state index is -3.90. The molecule has 4 N–H and O–H groups in total. The number of nitrogens with zero attached hydrogens (tertiary/aromatic N) is 3. The second-order valence-electron chi connectivity index (χ2n) is 10.3. The maximum absolute atomic E-state index is 13.7. The standard InChI is InChI=1S/C24H34BN5O8S/c1-3-28-11-12-30(23(33)22(28)32)24(34)27-20(16-7-9-29(10-8-16)39(26,36)37)19(31)14-18-13-17-6-4-5-15(2)21(17)38-25(18)35/h4-6,16,18,20,35H,3,7-14H2,1-2H3,(H,27,34)(H2,26,36,37)/t18-,20?/m1/s1. The van der Waals surface area contributed by atoms with Crippen LogP contribution in [-0.4, -0.2) is 97.1 Å². The van der Waals surface area contributed by atoms with Crippen LogP contribution in [0.25, 0.3) is 0 Å². The van der Waals surface area contributed by atoms with E-state index < -0.39 is 53.0 Å². The number of ketones is 1. The number of carbonyl (C=O) groups is 4. The SMILES string of the molecule is CCN1CCN(C(=O)NC(C(=O)C[C@H]2Cc3cccc(C)c3OB2O)C2CCN(S(N)(=O)=O)CC2)C(=O)C1=O. The highest BCUT2D eigenvalue weighted by atomic mass is 32.2. The van der Waals surface area contributed by atoms with Gasteiger partial charge in [-0.25, -0.2) is 9.93 Å². The van der Waals surface area contributed by atoms with Crippen LogP contribution in [-0.2, 0) is 31.0 Å². The van der Waals surface area contributed by atoms with Gasteiger partial charge >= 0.3 is 25.0 Å². The summed E-state index contributed by atoms with van der Waals surface area (Å²) in [5.74, 6) is -2.58. The molecule has 3 aliphatic heterocycles. The maximum atomic E-state index is 13.7. The number of Topliss-reactive ketones (excluding diaryl/α,β-unsaturated/α-hetero) is 1. The molecule has 0 aromatic heterocycles. The lowest BCUT2D eigenvalue weighted by Gasteiger charge is -2.37. The number of likely N-dealkylation sites (N-methyl/N-ethyl adjacent to an activating group) is 1. The Kier molecular flexibility index (Phi) is 8.64. The van der Waals surface area contributed by atoms with Gasteiger partial charge in [0.1, 0.15) is 5.75 Å². The van der Waals surface area contributed by atoms with Gasteiger partial charge in [-0.15, -0.1) is 0 Å². The first-order chi connectivity index (χ1) is 18.4. The Labute approximate surface area is 227 Å². The Balaban J connectivity index is 1.51. The molecule has 4 amide bonds. The van der Waals surface area contributed by atoms with Crippen molar-refractivity contribution in [3.63, 3.8) is 0 Å². The van der Waals surface area contributed by atoms with Gasteiger partial charge in [-0.3, -0.25) is 19.3 Å². The number of carbonyl (C=O) groups excluding carboxylic acids is 4. The Morgan fingerprint density at radius 3 is 2.51 bits per heavy atom. The van der Waals surface area contributed by atoms with Crippen molar-refractivity contribution < 1.29 is 37.3 Å². The zero-order valence-corrected chi connectivity index (χ0v) is 22.9. The molecule has 3 aliphatic rings. The lowest BCUT2D eigenvalue weighted by Crippen LogP contribution is -2.61. The largest absolute Gasteiger partial charge is 0.536 e. The molecular formula is C24H34BN5O8S. The van der Waals surface area contributed by atoms with E-state index in [0.29, 0.717) is 18.7 Å². The average Bonchev–Trinajstić information content (AvgIpc) is 2.89. The smallest absolute Gasteiger partial charge is 0.526 e. The predicted octanol–water partition coefficient (Wildman–Crippen LogP) is -0.576. The Bertz CT molecular complexity index is 1250. The average molecular weight is 563 g/mol. The van der Waals surface area contributed by atoms with Gasteiger partial charge in [0.2, 0.25) is 0 Å². The van der Waals surface area contributed by atoms with Crippen LogP contribution in [0.15, 0.2) is 18.2 Å². The van der Waals surface area contributed by atoms with E-state index in [0.717, 1.165) is 20.3 Å². The number of amides is 4. The predicted molar refractivity (Wildman–Crippen MR) is 141 cm³/mol. The van der Waals surface area contributed by atoms with Crippen LogP contribution in [0.4, 0.5) is 4.79 Å². The molecule has 0 bridgehead atoms. The van der Waals surface area contributed by atoms with E-state index in [1.54, 1.807) is 6.92 Å². The van der Waals surface area contributed by atoms with Crippen LogP contribution in [0.2, 0.25) is 5.82 Å². The summed E-state index contributed by atoms with van der Waals surface area (Å²) >= 11 is 0. The van der Waals surface area contributed by atoms with E-state index in [4.69, 9.17) is 9.79 Å². The molecule has 15 heteroatoms. The third-order valence-electron chi connectivity index (χ3n) is 7.77. The molecule has 0 saturated carbocycles. The van der Waals surface area contributed by atoms with Crippen molar-refractivity contribution in [2.24, 2.45) is 11.1 Å². The Morgan fingerprint density at radius 2 is 1.87 bits per heavy atom. The Morgan fingerprint density at radius 1 is 1.18 bits per heavy atom. The molecule has 0 aliphatic carbocycles. The lowest BCUT2D eigenvalue weighted by atomic mass is 9.63. The van der Waals surface area contributed by atoms with Crippen LogP contribution in [0.5, 0.6) is 5.75 Å². The maximum Gasteiger partial charge on any atom is 0.526 e. The highest BCUT2D eigenvalue weighted by Crippen LogP contribution is 2.36. The van der Waals surface area contributed by atoms with E-state index in [9.17, 15) is 32.6 Å². The first-order valence-electron chi connectivity index (χ1n) is 13.1. The van der Waals surface area contributed by atoms with Crippen molar-refractivity contribution in [3.05, 3.63) is 29.3 Å². The second-order valence-corrected chi connectivity index (χ2v) is 11.8. The van der Waals surface area contributed by atoms with Crippen molar-refractivity contribution in [2.75, 3.05) is 32.7 Å². The third-order valence-corrected chi connectivity index (χ3v) is 8.86. The van der Waals surface area contributed by atoms with Crippen molar-refractivity contribution in [2.45, 2.75) is 51.4 Å². The number of hydrogen-bond donors (Lipinski definition) is 3. The number of urea groups is 1. The van der Waals surface area contributed by atoms with Crippen molar-refractivity contribution in [3.8, 4) is 5.75 Å². The zero-order chi connectivity index (χ0) is 28.5. The highest BCUT2D eigenvalue weighted by molar-refractivity contribution is 7.86. The van der Waals surface area contributed by atoms with Crippen molar-refractivity contribution in [1.29, 1.82) is 0 Å². The summed E-state index contributed by atoms with van der Waals surface area (Å²) in [5.41, 5.74) is 1.73. The number of aryl methyl sites for hydroxylation is 1. The molecule has 212 valence electrons. The summed E-state index contributed by atoms with van der Waals surface area (Å²) in [7, 11) is -5.13. The van der Waals surface area contributed by atoms with Gasteiger partial charge in [-0.2, -0.15) is 12.7 Å². The molecule has 4 rings (SSSR count). The molecule has 1 aromatic rings. The van der Waals surface area contributed by atoms with E-state index >= 15 is 0 Å². The van der Waals surface area contributed by atoms with Gasteiger partial charge in [0.25, 0.3) is 10.2 Å². The number of benzene rings is 1. The first kappa shape index (κ1) is 29.0. The highest BCUT2D eigenvalue weighted by Gasteiger charge is 2.42. The van der Waals surface area contributed by atoms with Crippen LogP contribution in [0.1, 0.15) is 37.3 Å². The normalized spacial score (nSPS) is 21.8. The summed E-state index contributed by atoms with van der Waals surface area (Å²) in [6, 6.07) is 3.67. The molecule has 0 spiro atoms. The minimum Gasteiger partial charge on any atom is -0.536 e. The molecule has 13 nitrogen and oxygen atoms in total. The van der Waals surface area contributed by atoms with Crippen molar-refractivity contribution in [1.82, 2.24) is 19.4 Å². The number of imide groups is 1. The fraction of sp³-hybridized carbons (Fsp3) is 0.583. The van der Waals surface area contributed by atoms with Gasteiger partial charge in [0, 0.05) is 45.0 Å². The van der Waals surface area contributed by atoms with Crippen LogP contribution in [0, 0.1) is 12.8 Å². The molecule has 39 heavy (non-hydrogen) atoms. The number of nitrogens with one attached hydrogen (secondary N) is 1. The summed E-state index contributed by atoms with van der Waals surface area (Å²) in [6.07, 6.45) is 0.760. The number of para-hydroxylation sites is 1. The number of hydrogen-bond acceptors (Lipinski definition) is 8. The van der Waals surface area contributed by atoms with E-state index in [-0.39, 0.29) is 51.2 Å². The molecule has 2 saturated heterocycles. The fourth-order valence-corrected chi connectivity index (χ4v) is 6.23. The number of fused-ring (bicyclic) bond motifs is 1. The topological polar surface area (TPSA) is 180 Å². The van der Waals surface area contributed by atoms with Gasteiger partial charge in [-0.1, -0.05) is 18.2 Å². The number of piperidine rings is 1. The zero-order valence-electron chi connectivity index (χ0n) is 22.0. The summed E-state index contributed by atoms with van der Waals surface area (Å²) in [6.45, 7) is 4.23. The van der Waals surface area contributed by atoms with Crippen LogP contribution < -0.4 is 15.1 Å². The summed E-state index contributed by atoms with van der Waals surface area (Å²) < 4.78 is 30.4. The molecule has 3 heterocycles. The van der Waals surface area contributed by atoms with E-state index in [2.05, 4.69) is 5.32 Å². The van der Waals surface area contributed by atoms with Gasteiger partial charge < -0.3 is 19.9 Å². The molecule has 0 radical (unpaired) electrons. The van der Waals surface area contributed by atoms with Gasteiger partial charge in [0.05, 0.1) is 6.04 Å². The summed E-state index contributed by atoms with van der Waals surface area (Å²) in [5, 5.41) is 18.6. The fourth-order valence-electron chi connectivity index (χ4n) is 5.51. The van der Waals surface area contributed by atoms with Crippen LogP contribution in [0.3, 0.4) is 0 Å². The van der Waals surface area contributed by atoms with Gasteiger partial charge in [-0.05, 0) is 50.2 Å². The Hall–Kier alpha value is -3.01. The van der Waals surface area contributed by atoms with Gasteiger partial charge in [0.15, 0.2) is 5.78 Å². The number of nitrogens with two attached hydrogens (primary N) is 1. The second kappa shape index (κ2) is 11.6. The molecule has 2 atom stereocenters. The third kappa shape index (κ3) is 6.26. The minimum absolute atomic E-state index is 0.0136. The van der Waals surface area contributed by atoms with Crippen molar-refractivity contribution >= 4 is 41.0 Å². The molecule has 1 unspecified atom stereocenters. The van der Waals surface area contributed by atoms with Crippen LogP contribution >= 0.6 is 0 Å². The summed E-state index contributed by atoms with van der Waals surface area (Å²) in [4.78, 5) is 53.8. The number of rotatable bonds is 7. The molecular weight excluding hydrogens is 529 g/mol. The first-order valence-corrected chi connectivity index (χ1v) is 14.6. The molecule has 2 fully saturated rings. The van der Waals surface area contributed by atoms with E-state index in [1.165, 1.54) is 4.90 Å². The number of piperazine rings is 1.